The number of hydrogen-bond donors (Lipinski definition) is 2. The van der Waals surface area contributed by atoms with Gasteiger partial charge in [-0.1, -0.05) is 44.2 Å². The normalized spacial score (nSPS) is 11.7. The molecule has 0 saturated carbocycles. The molecule has 25 heavy (non-hydrogen) atoms. The van der Waals surface area contributed by atoms with Gasteiger partial charge in [0.15, 0.2) is 0 Å². The van der Waals surface area contributed by atoms with Gasteiger partial charge in [-0.2, -0.15) is 0 Å². The highest BCUT2D eigenvalue weighted by Crippen LogP contribution is 2.12. The lowest BCUT2D eigenvalue weighted by Crippen LogP contribution is -2.23. The number of aryl methyl sites for hydroxylation is 1. The molecule has 1 heterocycles. The summed E-state index contributed by atoms with van der Waals surface area (Å²) in [6.07, 6.45) is 9.10. The Morgan fingerprint density at radius 2 is 1.76 bits per heavy atom. The number of unbranched alkanes of at least 4 members (excludes halogenated alkanes) is 5. The highest BCUT2D eigenvalue weighted by Gasteiger charge is 2.14. The lowest BCUT2D eigenvalue weighted by molar-refractivity contribution is 0.516. The summed E-state index contributed by atoms with van der Waals surface area (Å²) in [5, 5.41) is 8.07. The van der Waals surface area contributed by atoms with Crippen molar-refractivity contribution < 1.29 is 8.42 Å². The van der Waals surface area contributed by atoms with E-state index in [2.05, 4.69) is 22.0 Å². The van der Waals surface area contributed by atoms with E-state index in [1.165, 1.54) is 44.2 Å². The van der Waals surface area contributed by atoms with Crippen LogP contribution < -0.4 is 10.5 Å². The Morgan fingerprint density at radius 3 is 2.48 bits per heavy atom. The molecule has 0 saturated heterocycles. The van der Waals surface area contributed by atoms with Gasteiger partial charge >= 0.3 is 0 Å². The van der Waals surface area contributed by atoms with Crippen molar-refractivity contribution >= 4 is 15.7 Å². The number of hydrogen-bond acceptors (Lipinski definition) is 5. The van der Waals surface area contributed by atoms with E-state index in [1.54, 1.807) is 23.0 Å². The van der Waals surface area contributed by atoms with Gasteiger partial charge in [0.1, 0.15) is 0 Å². The van der Waals surface area contributed by atoms with Crippen molar-refractivity contribution in [1.29, 1.82) is 0 Å². The van der Waals surface area contributed by atoms with Gasteiger partial charge in [0.25, 0.3) is 0 Å². The van der Waals surface area contributed by atoms with E-state index in [1.807, 2.05) is 0 Å². The first-order chi connectivity index (χ1) is 12.0. The maximum atomic E-state index is 12.2. The lowest BCUT2D eigenvalue weighted by Gasteiger charge is -2.05. The van der Waals surface area contributed by atoms with Crippen LogP contribution in [0.3, 0.4) is 0 Å². The number of anilines is 1. The van der Waals surface area contributed by atoms with E-state index in [-0.39, 0.29) is 11.4 Å². The molecule has 0 bridgehead atoms. The Morgan fingerprint density at radius 1 is 1.08 bits per heavy atom. The zero-order valence-corrected chi connectivity index (χ0v) is 15.5. The molecule has 7 nitrogen and oxygen atoms in total. The van der Waals surface area contributed by atoms with Crippen molar-refractivity contribution in [2.75, 3.05) is 5.73 Å². The zero-order valence-electron chi connectivity index (χ0n) is 14.7. The minimum atomic E-state index is -3.58. The summed E-state index contributed by atoms with van der Waals surface area (Å²) in [5.41, 5.74) is 6.70. The first kappa shape index (κ1) is 19.4. The molecule has 1 aromatic carbocycles. The van der Waals surface area contributed by atoms with Crippen LogP contribution in [0.2, 0.25) is 0 Å². The molecule has 0 atom stereocenters. The van der Waals surface area contributed by atoms with Gasteiger partial charge in [-0.25, -0.2) is 13.1 Å². The van der Waals surface area contributed by atoms with E-state index in [4.69, 9.17) is 5.73 Å². The summed E-state index contributed by atoms with van der Waals surface area (Å²) in [4.78, 5) is 0.182. The summed E-state index contributed by atoms with van der Waals surface area (Å²) in [6.45, 7) is 3.13. The van der Waals surface area contributed by atoms with Crippen LogP contribution in [0.1, 0.15) is 51.1 Å². The molecule has 1 aromatic heterocycles. The van der Waals surface area contributed by atoms with E-state index in [9.17, 15) is 8.42 Å². The predicted octanol–water partition coefficient (Wildman–Crippen LogP) is 2.70. The Labute approximate surface area is 149 Å². The summed E-state index contributed by atoms with van der Waals surface area (Å²) < 4.78 is 28.7. The van der Waals surface area contributed by atoms with Crippen molar-refractivity contribution in [3.63, 3.8) is 0 Å². The van der Waals surface area contributed by atoms with E-state index in [0.717, 1.165) is 13.0 Å². The van der Waals surface area contributed by atoms with Crippen molar-refractivity contribution in [3.05, 3.63) is 36.2 Å². The Kier molecular flexibility index (Phi) is 7.39. The van der Waals surface area contributed by atoms with Crippen LogP contribution in [-0.2, 0) is 23.1 Å². The minimum Gasteiger partial charge on any atom is -0.399 e. The number of rotatable bonds is 11. The molecule has 0 unspecified atom stereocenters. The molecule has 3 N–H and O–H groups in total. The number of sulfonamides is 1. The molecule has 138 valence electrons. The second kappa shape index (κ2) is 9.53. The second-order valence-corrected chi connectivity index (χ2v) is 7.90. The fourth-order valence-electron chi connectivity index (χ4n) is 2.48. The highest BCUT2D eigenvalue weighted by atomic mass is 32.2. The largest absolute Gasteiger partial charge is 0.399 e. The third kappa shape index (κ3) is 6.47. The zero-order chi connectivity index (χ0) is 18.1. The van der Waals surface area contributed by atoms with Gasteiger partial charge in [-0.05, 0) is 30.7 Å². The molecule has 0 fully saturated rings. The van der Waals surface area contributed by atoms with Crippen molar-refractivity contribution in [2.24, 2.45) is 0 Å². The maximum Gasteiger partial charge on any atom is 0.240 e. The average Bonchev–Trinajstić information content (AvgIpc) is 3.05. The Balaban J connectivity index is 1.78. The SMILES string of the molecule is CCCCCCCCn1cc(CNS(=O)(=O)c2ccc(N)cc2)nn1. The monoisotopic (exact) mass is 365 g/mol. The highest BCUT2D eigenvalue weighted by molar-refractivity contribution is 7.89. The molecule has 0 aliphatic heterocycles. The van der Waals surface area contributed by atoms with E-state index >= 15 is 0 Å². The van der Waals surface area contributed by atoms with E-state index in [0.29, 0.717) is 11.4 Å². The molecule has 0 amide bonds. The summed E-state index contributed by atoms with van der Waals surface area (Å²) in [5.74, 6) is 0. The van der Waals surface area contributed by atoms with Crippen LogP contribution in [-0.4, -0.2) is 23.4 Å². The Hall–Kier alpha value is -1.93. The standard InChI is InChI=1S/C17H27N5O2S/c1-2-3-4-5-6-7-12-22-14-16(20-21-22)13-19-25(23,24)17-10-8-15(18)9-11-17/h8-11,14,19H,2-7,12-13,18H2,1H3. The molecule has 0 aliphatic carbocycles. The van der Waals surface area contributed by atoms with Crippen LogP contribution in [0, 0.1) is 0 Å². The topological polar surface area (TPSA) is 103 Å². The first-order valence-corrected chi connectivity index (χ1v) is 10.2. The van der Waals surface area contributed by atoms with Gasteiger partial charge in [0, 0.05) is 18.4 Å². The predicted molar refractivity (Wildman–Crippen MR) is 98.3 cm³/mol. The molecule has 0 spiro atoms. The summed E-state index contributed by atoms with van der Waals surface area (Å²) >= 11 is 0. The Bertz CT molecular complexity index is 741. The number of benzene rings is 1. The number of nitrogens with one attached hydrogen (secondary N) is 1. The maximum absolute atomic E-state index is 12.2. The summed E-state index contributed by atoms with van der Waals surface area (Å²) in [7, 11) is -3.58. The summed E-state index contributed by atoms with van der Waals surface area (Å²) in [6, 6.07) is 6.08. The van der Waals surface area contributed by atoms with Gasteiger partial charge in [0.05, 0.1) is 17.1 Å². The fourth-order valence-corrected chi connectivity index (χ4v) is 3.48. The number of aromatic nitrogens is 3. The van der Waals surface area contributed by atoms with Crippen LogP contribution in [0.5, 0.6) is 0 Å². The van der Waals surface area contributed by atoms with Gasteiger partial charge in [-0.3, -0.25) is 4.68 Å². The molecule has 0 radical (unpaired) electrons. The van der Waals surface area contributed by atoms with Crippen LogP contribution in [0.15, 0.2) is 35.4 Å². The molecule has 8 heteroatoms. The third-order valence-corrected chi connectivity index (χ3v) is 5.38. The van der Waals surface area contributed by atoms with Crippen LogP contribution in [0.4, 0.5) is 5.69 Å². The molecular weight excluding hydrogens is 338 g/mol. The van der Waals surface area contributed by atoms with Crippen molar-refractivity contribution in [2.45, 2.75) is 63.4 Å². The average molecular weight is 366 g/mol. The minimum absolute atomic E-state index is 0.114. The second-order valence-electron chi connectivity index (χ2n) is 6.13. The van der Waals surface area contributed by atoms with E-state index < -0.39 is 10.0 Å². The van der Waals surface area contributed by atoms with Gasteiger partial charge in [-0.15, -0.1) is 5.10 Å². The molecule has 2 rings (SSSR count). The lowest BCUT2D eigenvalue weighted by atomic mass is 10.1. The first-order valence-electron chi connectivity index (χ1n) is 8.75. The molecule has 2 aromatic rings. The molecular formula is C17H27N5O2S. The van der Waals surface area contributed by atoms with Crippen LogP contribution in [0.25, 0.3) is 0 Å². The number of nitrogens with zero attached hydrogens (tertiary/aromatic N) is 3. The van der Waals surface area contributed by atoms with Crippen molar-refractivity contribution in [1.82, 2.24) is 19.7 Å². The van der Waals surface area contributed by atoms with Gasteiger partial charge < -0.3 is 5.73 Å². The van der Waals surface area contributed by atoms with Crippen LogP contribution >= 0.6 is 0 Å². The fraction of sp³-hybridized carbons (Fsp3) is 0.529. The van der Waals surface area contributed by atoms with Gasteiger partial charge in [0.2, 0.25) is 10.0 Å². The number of nitrogen functional groups attached to an aromatic ring is 1. The third-order valence-electron chi connectivity index (χ3n) is 3.96. The quantitative estimate of drug-likeness (QED) is 0.471. The smallest absolute Gasteiger partial charge is 0.240 e. The molecule has 0 aliphatic rings. The van der Waals surface area contributed by atoms with Crippen molar-refractivity contribution in [3.8, 4) is 0 Å². The number of nitrogens with two attached hydrogens (primary N) is 1.